The Bertz CT molecular complexity index is 140. The second kappa shape index (κ2) is 7.96. The standard InChI is InChI=1S/C4H6O5.Na.H2O.H/c5-2(4(8)9)1-3(6)7;;;/h2,5H,1H2,(H,6,7)(H,8,9);;1H2;/q;+1;;-1. The van der Waals surface area contributed by atoms with Gasteiger partial charge in [0.25, 0.3) is 0 Å². The number of aliphatic hydroxyl groups excluding tert-OH is 1. The molecule has 1 unspecified atom stereocenters. The van der Waals surface area contributed by atoms with Crippen molar-refractivity contribution in [3.8, 4) is 0 Å². The van der Waals surface area contributed by atoms with E-state index in [-0.39, 0.29) is 36.5 Å². The molecule has 0 aromatic rings. The summed E-state index contributed by atoms with van der Waals surface area (Å²) in [6.45, 7) is 0. The van der Waals surface area contributed by atoms with Crippen LogP contribution in [0.1, 0.15) is 7.85 Å². The van der Waals surface area contributed by atoms with Gasteiger partial charge in [-0.3, -0.25) is 4.79 Å². The predicted molar refractivity (Wildman–Crippen MR) is 30.6 cm³/mol. The van der Waals surface area contributed by atoms with E-state index in [1.165, 1.54) is 0 Å². The number of aliphatic hydroxyl groups is 1. The molecule has 0 bridgehead atoms. The Morgan fingerprint density at radius 1 is 1.36 bits per heavy atom. The molecule has 0 rings (SSSR count). The molecular formula is C4H9NaO6. The van der Waals surface area contributed by atoms with Gasteiger partial charge in [-0.25, -0.2) is 4.79 Å². The van der Waals surface area contributed by atoms with Crippen LogP contribution in [0, 0.1) is 0 Å². The van der Waals surface area contributed by atoms with E-state index >= 15 is 0 Å². The van der Waals surface area contributed by atoms with E-state index in [2.05, 4.69) is 0 Å². The molecule has 0 aromatic carbocycles. The molecule has 0 fully saturated rings. The van der Waals surface area contributed by atoms with Gasteiger partial charge in [-0.15, -0.1) is 0 Å². The maximum atomic E-state index is 9.72. The van der Waals surface area contributed by atoms with Crippen LogP contribution in [0.2, 0.25) is 0 Å². The van der Waals surface area contributed by atoms with Crippen LogP contribution in [0.15, 0.2) is 0 Å². The third-order valence-corrected chi connectivity index (χ3v) is 0.653. The van der Waals surface area contributed by atoms with Crippen LogP contribution in [0.4, 0.5) is 0 Å². The van der Waals surface area contributed by atoms with E-state index in [0.717, 1.165) is 0 Å². The van der Waals surface area contributed by atoms with Gasteiger partial charge < -0.3 is 22.2 Å². The van der Waals surface area contributed by atoms with Gasteiger partial charge in [0.2, 0.25) is 0 Å². The fourth-order valence-electron chi connectivity index (χ4n) is 0.253. The van der Waals surface area contributed by atoms with Gasteiger partial charge in [-0.2, -0.15) is 0 Å². The second-order valence-corrected chi connectivity index (χ2v) is 1.45. The Labute approximate surface area is 85.9 Å². The maximum absolute atomic E-state index is 9.72. The molecule has 6 nitrogen and oxygen atoms in total. The summed E-state index contributed by atoms with van der Waals surface area (Å²) in [5.74, 6) is -2.85. The summed E-state index contributed by atoms with van der Waals surface area (Å²) in [5.41, 5.74) is 0. The van der Waals surface area contributed by atoms with Crippen LogP contribution >= 0.6 is 0 Å². The second-order valence-electron chi connectivity index (χ2n) is 1.45. The zero-order valence-corrected chi connectivity index (χ0v) is 7.94. The minimum absolute atomic E-state index is 0. The van der Waals surface area contributed by atoms with Crippen molar-refractivity contribution >= 4 is 11.9 Å². The molecule has 7 heteroatoms. The molecule has 0 spiro atoms. The van der Waals surface area contributed by atoms with E-state index in [4.69, 9.17) is 15.3 Å². The Balaban J connectivity index is -0.000000107. The van der Waals surface area contributed by atoms with Crippen molar-refractivity contribution in [3.63, 3.8) is 0 Å². The van der Waals surface area contributed by atoms with Gasteiger partial charge in [0, 0.05) is 0 Å². The Morgan fingerprint density at radius 2 is 1.73 bits per heavy atom. The minimum atomic E-state index is -1.79. The average Bonchev–Trinajstić information content (AvgIpc) is 1.63. The van der Waals surface area contributed by atoms with E-state index in [1.807, 2.05) is 0 Å². The van der Waals surface area contributed by atoms with Crippen LogP contribution in [0.25, 0.3) is 0 Å². The largest absolute Gasteiger partial charge is 1.00 e. The smallest absolute Gasteiger partial charge is 1.00 e. The normalized spacial score (nSPS) is 10.3. The zero-order chi connectivity index (χ0) is 7.44. The van der Waals surface area contributed by atoms with Crippen molar-refractivity contribution in [1.82, 2.24) is 0 Å². The summed E-state index contributed by atoms with van der Waals surface area (Å²) in [7, 11) is 0. The van der Waals surface area contributed by atoms with E-state index in [1.54, 1.807) is 0 Å². The van der Waals surface area contributed by atoms with Gasteiger partial charge in [0.1, 0.15) is 0 Å². The molecule has 0 aliphatic carbocycles. The number of carboxylic acid groups (broad SMARTS) is 2. The fraction of sp³-hybridized carbons (Fsp3) is 0.500. The summed E-state index contributed by atoms with van der Waals surface area (Å²) in [6, 6.07) is 0. The zero-order valence-electron chi connectivity index (χ0n) is 6.94. The third kappa shape index (κ3) is 9.86. The molecule has 11 heavy (non-hydrogen) atoms. The number of carbonyl (C=O) groups is 2. The van der Waals surface area contributed by atoms with Crippen molar-refractivity contribution in [2.24, 2.45) is 0 Å². The topological polar surface area (TPSA) is 126 Å². The van der Waals surface area contributed by atoms with Crippen LogP contribution in [-0.4, -0.2) is 38.8 Å². The van der Waals surface area contributed by atoms with Crippen LogP contribution < -0.4 is 29.6 Å². The molecular weight excluding hydrogens is 167 g/mol. The average molecular weight is 176 g/mol. The van der Waals surface area contributed by atoms with Gasteiger partial charge in [-0.1, -0.05) is 0 Å². The van der Waals surface area contributed by atoms with E-state index in [0.29, 0.717) is 0 Å². The summed E-state index contributed by atoms with van der Waals surface area (Å²) in [6.07, 6.45) is -2.54. The first kappa shape index (κ1) is 17.1. The third-order valence-electron chi connectivity index (χ3n) is 0.653. The van der Waals surface area contributed by atoms with Crippen molar-refractivity contribution in [1.29, 1.82) is 0 Å². The predicted octanol–water partition coefficient (Wildman–Crippen LogP) is -4.80. The van der Waals surface area contributed by atoms with Crippen LogP contribution in [0.5, 0.6) is 0 Å². The van der Waals surface area contributed by atoms with Crippen molar-refractivity contribution in [2.45, 2.75) is 12.5 Å². The van der Waals surface area contributed by atoms with Crippen molar-refractivity contribution in [3.05, 3.63) is 0 Å². The monoisotopic (exact) mass is 176 g/mol. The Morgan fingerprint density at radius 3 is 1.82 bits per heavy atom. The summed E-state index contributed by atoms with van der Waals surface area (Å²) >= 11 is 0. The summed E-state index contributed by atoms with van der Waals surface area (Å²) in [5, 5.41) is 24.1. The summed E-state index contributed by atoms with van der Waals surface area (Å²) in [4.78, 5) is 19.4. The molecule has 0 aliphatic heterocycles. The maximum Gasteiger partial charge on any atom is 1.00 e. The molecule has 62 valence electrons. The molecule has 0 radical (unpaired) electrons. The summed E-state index contributed by atoms with van der Waals surface area (Å²) < 4.78 is 0. The Hall–Kier alpha value is -0.140. The fourth-order valence-corrected chi connectivity index (χ4v) is 0.253. The van der Waals surface area contributed by atoms with Crippen LogP contribution in [-0.2, 0) is 9.59 Å². The molecule has 5 N–H and O–H groups in total. The first-order valence-corrected chi connectivity index (χ1v) is 2.16. The SMILES string of the molecule is O.O=C(O)CC(O)C(=O)O.[H-].[Na+]. The first-order chi connectivity index (χ1) is 4.04. The number of hydrogen-bond donors (Lipinski definition) is 3. The molecule has 0 saturated carbocycles. The first-order valence-electron chi connectivity index (χ1n) is 2.16. The van der Waals surface area contributed by atoms with E-state index < -0.39 is 24.5 Å². The molecule has 1 atom stereocenters. The minimum Gasteiger partial charge on any atom is -1.00 e. The van der Waals surface area contributed by atoms with Gasteiger partial charge in [0.05, 0.1) is 6.42 Å². The molecule has 0 heterocycles. The van der Waals surface area contributed by atoms with Gasteiger partial charge in [-0.05, 0) is 0 Å². The molecule has 0 aliphatic rings. The number of hydrogen-bond acceptors (Lipinski definition) is 3. The molecule has 0 saturated heterocycles. The van der Waals surface area contributed by atoms with E-state index in [9.17, 15) is 9.59 Å². The Kier molecular flexibility index (Phi) is 12.4. The number of aliphatic carboxylic acids is 2. The van der Waals surface area contributed by atoms with Crippen molar-refractivity contribution < 1.29 is 61.4 Å². The van der Waals surface area contributed by atoms with Gasteiger partial charge >= 0.3 is 41.5 Å². The molecule has 0 aromatic heterocycles. The van der Waals surface area contributed by atoms with Crippen molar-refractivity contribution in [2.75, 3.05) is 0 Å². The molecule has 0 amide bonds. The number of rotatable bonds is 3. The van der Waals surface area contributed by atoms with Gasteiger partial charge in [0.15, 0.2) is 6.10 Å². The number of carboxylic acids is 2. The van der Waals surface area contributed by atoms with Crippen LogP contribution in [0.3, 0.4) is 0 Å². The quantitative estimate of drug-likeness (QED) is 0.372.